The summed E-state index contributed by atoms with van der Waals surface area (Å²) >= 11 is 7.39. The Labute approximate surface area is 213 Å². The molecule has 4 aromatic heterocycles. The van der Waals surface area contributed by atoms with Gasteiger partial charge in [0.2, 0.25) is 0 Å². The van der Waals surface area contributed by atoms with Crippen LogP contribution >= 0.6 is 45.3 Å². The van der Waals surface area contributed by atoms with Crippen LogP contribution in [0.25, 0.3) is 40.2 Å². The molecular formula is C26H30N2S4Si. The minimum absolute atomic E-state index is 0.721. The van der Waals surface area contributed by atoms with Gasteiger partial charge in [0.1, 0.15) is 18.1 Å². The lowest BCUT2D eigenvalue weighted by atomic mass is 10.3. The predicted molar refractivity (Wildman–Crippen MR) is 155 cm³/mol. The predicted octanol–water partition coefficient (Wildman–Crippen LogP) is 9.56. The van der Waals surface area contributed by atoms with Crippen molar-refractivity contribution < 1.29 is 0 Å². The first-order valence-electron chi connectivity index (χ1n) is 11.6. The van der Waals surface area contributed by atoms with Crippen molar-refractivity contribution in [2.24, 2.45) is 0 Å². The van der Waals surface area contributed by atoms with Gasteiger partial charge in [0, 0.05) is 4.88 Å². The van der Waals surface area contributed by atoms with Crippen LogP contribution in [0.2, 0.25) is 16.6 Å². The fourth-order valence-corrected chi connectivity index (χ4v) is 18.6. The summed E-state index contributed by atoms with van der Waals surface area (Å²) in [6, 6.07) is 13.6. The van der Waals surface area contributed by atoms with Crippen LogP contribution < -0.4 is 4.50 Å². The summed E-state index contributed by atoms with van der Waals surface area (Å²) in [7, 11) is -1.63. The molecule has 5 rings (SSSR count). The number of fused-ring (bicyclic) bond motifs is 2. The third-order valence-electron chi connectivity index (χ3n) is 6.96. The summed E-state index contributed by atoms with van der Waals surface area (Å²) in [5.74, 6) is 0. The lowest BCUT2D eigenvalue weighted by molar-refractivity contribution is 0.837. The molecule has 5 aromatic rings. The largest absolute Gasteiger partial charge is 0.235 e. The van der Waals surface area contributed by atoms with E-state index in [1.54, 1.807) is 27.2 Å². The molecule has 0 bridgehead atoms. The van der Waals surface area contributed by atoms with Gasteiger partial charge in [-0.1, -0.05) is 47.6 Å². The number of nitrogens with zero attached hydrogens (tertiary/aromatic N) is 2. The molecular weight excluding hydrogens is 497 g/mol. The Morgan fingerprint density at radius 2 is 1.12 bits per heavy atom. The van der Waals surface area contributed by atoms with Crippen LogP contribution in [0.15, 0.2) is 36.4 Å². The lowest BCUT2D eigenvalue weighted by Crippen LogP contribution is -2.54. The molecule has 33 heavy (non-hydrogen) atoms. The van der Waals surface area contributed by atoms with E-state index in [0.717, 1.165) is 37.7 Å². The second-order valence-electron chi connectivity index (χ2n) is 9.80. The summed E-state index contributed by atoms with van der Waals surface area (Å²) in [5, 5.41) is 2.26. The Hall–Kier alpha value is -1.38. The van der Waals surface area contributed by atoms with Crippen molar-refractivity contribution in [2.75, 3.05) is 0 Å². The number of benzene rings is 1. The van der Waals surface area contributed by atoms with Gasteiger partial charge >= 0.3 is 0 Å². The van der Waals surface area contributed by atoms with Gasteiger partial charge in [-0.25, -0.2) is 9.97 Å². The van der Waals surface area contributed by atoms with Crippen molar-refractivity contribution >= 4 is 78.4 Å². The fourth-order valence-electron chi connectivity index (χ4n) is 5.65. The van der Waals surface area contributed by atoms with Crippen molar-refractivity contribution in [1.29, 1.82) is 0 Å². The maximum Gasteiger partial charge on any atom is 0.134 e. The van der Waals surface area contributed by atoms with E-state index in [4.69, 9.17) is 9.97 Å². The highest BCUT2D eigenvalue weighted by Crippen LogP contribution is 2.44. The van der Waals surface area contributed by atoms with E-state index in [9.17, 15) is 0 Å². The number of aromatic nitrogens is 2. The molecule has 0 saturated heterocycles. The molecule has 0 N–H and O–H groups in total. The molecule has 172 valence electrons. The molecule has 0 aliphatic carbocycles. The van der Waals surface area contributed by atoms with Gasteiger partial charge in [0.25, 0.3) is 0 Å². The van der Waals surface area contributed by atoms with Crippen molar-refractivity contribution in [3.63, 3.8) is 0 Å². The maximum atomic E-state index is 5.08. The maximum absolute atomic E-state index is 5.08. The van der Waals surface area contributed by atoms with Crippen LogP contribution in [0.4, 0.5) is 0 Å². The molecule has 0 atom stereocenters. The molecule has 7 heteroatoms. The van der Waals surface area contributed by atoms with Gasteiger partial charge in [0.05, 0.1) is 30.2 Å². The zero-order valence-corrected chi connectivity index (χ0v) is 24.5. The van der Waals surface area contributed by atoms with E-state index >= 15 is 0 Å². The van der Waals surface area contributed by atoms with Crippen LogP contribution in [0.3, 0.4) is 0 Å². The number of thiophene rings is 2. The Morgan fingerprint density at radius 1 is 0.636 bits per heavy atom. The second-order valence-corrected chi connectivity index (χ2v) is 20.5. The number of hydrogen-bond donors (Lipinski definition) is 0. The minimum atomic E-state index is -1.63. The number of thiazole rings is 2. The topological polar surface area (TPSA) is 25.8 Å². The number of rotatable bonds is 6. The SMILES string of the molecule is Cc1ccc(-c2nc3cc4sc(-c5ccc([Si](C(C)C)(C(C)C)C(C)C)s5)nc4cc3s2)s1. The highest BCUT2D eigenvalue weighted by Gasteiger charge is 2.45. The Kier molecular flexibility index (Phi) is 6.15. The average molecular weight is 527 g/mol. The van der Waals surface area contributed by atoms with Gasteiger partial charge in [-0.2, -0.15) is 0 Å². The summed E-state index contributed by atoms with van der Waals surface area (Å²) < 4.78 is 4.08. The smallest absolute Gasteiger partial charge is 0.134 e. The molecule has 2 nitrogen and oxygen atoms in total. The van der Waals surface area contributed by atoms with Crippen molar-refractivity contribution in [3.8, 4) is 19.8 Å². The van der Waals surface area contributed by atoms with Gasteiger partial charge in [-0.3, -0.25) is 0 Å². The van der Waals surface area contributed by atoms with Crippen LogP contribution in [0, 0.1) is 6.92 Å². The summed E-state index contributed by atoms with van der Waals surface area (Å²) in [5.41, 5.74) is 4.34. The molecule has 0 spiro atoms. The molecule has 0 unspecified atom stereocenters. The van der Waals surface area contributed by atoms with Crippen molar-refractivity contribution in [1.82, 2.24) is 9.97 Å². The third kappa shape index (κ3) is 3.86. The van der Waals surface area contributed by atoms with E-state index in [1.807, 2.05) is 22.7 Å². The van der Waals surface area contributed by atoms with Gasteiger partial charge in [-0.15, -0.1) is 45.3 Å². The zero-order chi connectivity index (χ0) is 23.5. The molecule has 0 fully saturated rings. The van der Waals surface area contributed by atoms with E-state index in [-0.39, 0.29) is 0 Å². The Morgan fingerprint density at radius 3 is 1.58 bits per heavy atom. The van der Waals surface area contributed by atoms with Crippen LogP contribution in [-0.4, -0.2) is 18.0 Å². The third-order valence-corrected chi connectivity index (χ3v) is 19.4. The Bertz CT molecular complexity index is 1360. The molecule has 0 radical (unpaired) electrons. The van der Waals surface area contributed by atoms with E-state index < -0.39 is 8.07 Å². The molecule has 4 heterocycles. The van der Waals surface area contributed by atoms with Gasteiger partial charge in [0.15, 0.2) is 0 Å². The monoisotopic (exact) mass is 526 g/mol. The van der Waals surface area contributed by atoms with E-state index in [0.29, 0.717) is 0 Å². The first-order chi connectivity index (χ1) is 15.7. The number of aryl methyl sites for hydroxylation is 1. The highest BCUT2D eigenvalue weighted by atomic mass is 32.1. The highest BCUT2D eigenvalue weighted by molar-refractivity contribution is 7.32. The van der Waals surface area contributed by atoms with Crippen LogP contribution in [0.5, 0.6) is 0 Å². The lowest BCUT2D eigenvalue weighted by Gasteiger charge is -2.42. The van der Waals surface area contributed by atoms with Crippen LogP contribution in [0.1, 0.15) is 46.4 Å². The standard InChI is InChI=1S/C26H30N2S4Si/c1-14(2)33(15(3)4,16(5)6)24-11-10-21(30-24)26-28-19-13-22-18(12-23(19)32-26)27-25(31-22)20-9-8-17(7)29-20/h8-16H,1-7H3. The fraction of sp³-hybridized carbons (Fsp3) is 0.385. The molecule has 0 aliphatic heterocycles. The summed E-state index contributed by atoms with van der Waals surface area (Å²) in [6.07, 6.45) is 0. The Balaban J connectivity index is 1.54. The summed E-state index contributed by atoms with van der Waals surface area (Å²) in [4.78, 5) is 13.9. The van der Waals surface area contributed by atoms with Gasteiger partial charge in [-0.05, 0) is 58.4 Å². The summed E-state index contributed by atoms with van der Waals surface area (Å²) in [6.45, 7) is 16.8. The van der Waals surface area contributed by atoms with Crippen LogP contribution in [-0.2, 0) is 0 Å². The first kappa shape index (κ1) is 23.4. The molecule has 0 saturated carbocycles. The average Bonchev–Trinajstić information content (AvgIpc) is 3.50. The van der Waals surface area contributed by atoms with Crippen molar-refractivity contribution in [2.45, 2.75) is 65.1 Å². The normalized spacial score (nSPS) is 12.9. The molecule has 0 aliphatic rings. The zero-order valence-electron chi connectivity index (χ0n) is 20.2. The van der Waals surface area contributed by atoms with E-state index in [1.165, 1.54) is 24.0 Å². The van der Waals surface area contributed by atoms with Gasteiger partial charge < -0.3 is 0 Å². The molecule has 1 aromatic carbocycles. The quantitative estimate of drug-likeness (QED) is 0.206. The second kappa shape index (κ2) is 8.68. The first-order valence-corrected chi connectivity index (χ1v) is 17.1. The number of hydrogen-bond acceptors (Lipinski definition) is 6. The van der Waals surface area contributed by atoms with Crippen molar-refractivity contribution in [3.05, 3.63) is 41.3 Å². The minimum Gasteiger partial charge on any atom is -0.235 e. The van der Waals surface area contributed by atoms with E-state index in [2.05, 4.69) is 84.9 Å². The molecule has 0 amide bonds.